The summed E-state index contributed by atoms with van der Waals surface area (Å²) in [6.45, 7) is 0.712. The van der Waals surface area contributed by atoms with Crippen molar-refractivity contribution in [3.8, 4) is 0 Å². The number of hydrogen-bond donors (Lipinski definition) is 1. The molecular formula is C24H25NO. The van der Waals surface area contributed by atoms with E-state index in [0.717, 1.165) is 12.8 Å². The van der Waals surface area contributed by atoms with Crippen molar-refractivity contribution < 1.29 is 4.79 Å². The summed E-state index contributed by atoms with van der Waals surface area (Å²) >= 11 is 0. The van der Waals surface area contributed by atoms with Crippen LogP contribution in [0.5, 0.6) is 0 Å². The Labute approximate surface area is 155 Å². The van der Waals surface area contributed by atoms with E-state index in [4.69, 9.17) is 0 Å². The molecule has 0 aromatic heterocycles. The van der Waals surface area contributed by atoms with Gasteiger partial charge in [-0.15, -0.1) is 0 Å². The maximum absolute atomic E-state index is 12.5. The molecule has 0 aliphatic heterocycles. The molecule has 132 valence electrons. The molecule has 3 aromatic carbocycles. The van der Waals surface area contributed by atoms with E-state index in [1.165, 1.54) is 16.7 Å². The van der Waals surface area contributed by atoms with Gasteiger partial charge in [-0.2, -0.15) is 0 Å². The molecule has 0 spiro atoms. The summed E-state index contributed by atoms with van der Waals surface area (Å²) in [4.78, 5) is 12.5. The first kappa shape index (κ1) is 17.9. The number of rotatable bonds is 8. The molecule has 0 saturated carbocycles. The Balaban J connectivity index is 1.56. The van der Waals surface area contributed by atoms with Crippen LogP contribution in [0.2, 0.25) is 0 Å². The first-order chi connectivity index (χ1) is 12.8. The highest BCUT2D eigenvalue weighted by Gasteiger charge is 2.17. The number of carbonyl (C=O) groups is 1. The molecule has 1 N–H and O–H groups in total. The highest BCUT2D eigenvalue weighted by molar-refractivity contribution is 5.77. The lowest BCUT2D eigenvalue weighted by Gasteiger charge is -2.18. The van der Waals surface area contributed by atoms with Gasteiger partial charge >= 0.3 is 0 Å². The molecule has 3 aromatic rings. The quantitative estimate of drug-likeness (QED) is 0.576. The third-order valence-corrected chi connectivity index (χ3v) is 4.60. The minimum atomic E-state index is 0.0894. The molecule has 2 nitrogen and oxygen atoms in total. The molecule has 26 heavy (non-hydrogen) atoms. The maximum Gasteiger partial charge on any atom is 0.220 e. The molecule has 0 aliphatic carbocycles. The van der Waals surface area contributed by atoms with Gasteiger partial charge < -0.3 is 5.32 Å². The lowest BCUT2D eigenvalue weighted by atomic mass is 9.88. The van der Waals surface area contributed by atoms with Crippen LogP contribution >= 0.6 is 0 Å². The van der Waals surface area contributed by atoms with E-state index >= 15 is 0 Å². The van der Waals surface area contributed by atoms with Gasteiger partial charge in [0.2, 0.25) is 5.91 Å². The summed E-state index contributed by atoms with van der Waals surface area (Å²) in [5.74, 6) is 0.197. The second-order valence-corrected chi connectivity index (χ2v) is 6.52. The standard InChI is InChI=1S/C24H25NO/c26-24(25-18-10-13-20-11-4-1-5-12-20)19-23(21-14-6-2-7-15-21)22-16-8-3-9-17-22/h1-9,11-12,14-17,23H,10,13,18-19H2,(H,25,26). The minimum absolute atomic E-state index is 0.0894. The van der Waals surface area contributed by atoms with Crippen molar-refractivity contribution in [3.05, 3.63) is 108 Å². The van der Waals surface area contributed by atoms with Crippen molar-refractivity contribution in [2.45, 2.75) is 25.2 Å². The number of aryl methyl sites for hydroxylation is 1. The van der Waals surface area contributed by atoms with Crippen LogP contribution in [0.3, 0.4) is 0 Å². The number of amides is 1. The van der Waals surface area contributed by atoms with Gasteiger partial charge in [-0.3, -0.25) is 4.79 Å². The van der Waals surface area contributed by atoms with Gasteiger partial charge in [0.05, 0.1) is 0 Å². The highest BCUT2D eigenvalue weighted by Crippen LogP contribution is 2.27. The SMILES string of the molecule is O=C(CC(c1ccccc1)c1ccccc1)NCCCc1ccccc1. The van der Waals surface area contributed by atoms with E-state index in [-0.39, 0.29) is 11.8 Å². The zero-order valence-corrected chi connectivity index (χ0v) is 15.0. The first-order valence-corrected chi connectivity index (χ1v) is 9.23. The fraction of sp³-hybridized carbons (Fsp3) is 0.208. The molecular weight excluding hydrogens is 318 g/mol. The Bertz CT molecular complexity index is 745. The number of nitrogens with one attached hydrogen (secondary N) is 1. The van der Waals surface area contributed by atoms with E-state index in [1.54, 1.807) is 0 Å². The second kappa shape index (κ2) is 9.57. The van der Waals surface area contributed by atoms with E-state index in [0.29, 0.717) is 13.0 Å². The van der Waals surface area contributed by atoms with Crippen molar-refractivity contribution in [2.24, 2.45) is 0 Å². The lowest BCUT2D eigenvalue weighted by Crippen LogP contribution is -2.26. The fourth-order valence-electron chi connectivity index (χ4n) is 3.22. The van der Waals surface area contributed by atoms with Crippen molar-refractivity contribution in [3.63, 3.8) is 0 Å². The third-order valence-electron chi connectivity index (χ3n) is 4.60. The summed E-state index contributed by atoms with van der Waals surface area (Å²) in [5, 5.41) is 3.08. The van der Waals surface area contributed by atoms with E-state index in [2.05, 4.69) is 53.8 Å². The molecule has 0 atom stereocenters. The molecule has 0 unspecified atom stereocenters. The predicted octanol–water partition coefficient (Wildman–Crippen LogP) is 4.96. The smallest absolute Gasteiger partial charge is 0.220 e. The van der Waals surface area contributed by atoms with Crippen LogP contribution in [0, 0.1) is 0 Å². The Morgan fingerprint density at radius 1 is 0.731 bits per heavy atom. The number of carbonyl (C=O) groups excluding carboxylic acids is 1. The average Bonchev–Trinajstić information content (AvgIpc) is 2.71. The Hall–Kier alpha value is -2.87. The normalized spacial score (nSPS) is 10.7. The molecule has 0 bridgehead atoms. The summed E-state index contributed by atoms with van der Waals surface area (Å²) in [7, 11) is 0. The summed E-state index contributed by atoms with van der Waals surface area (Å²) < 4.78 is 0. The van der Waals surface area contributed by atoms with Crippen molar-refractivity contribution in [1.82, 2.24) is 5.32 Å². The van der Waals surface area contributed by atoms with Crippen LogP contribution in [0.15, 0.2) is 91.0 Å². The first-order valence-electron chi connectivity index (χ1n) is 9.23. The lowest BCUT2D eigenvalue weighted by molar-refractivity contribution is -0.121. The Morgan fingerprint density at radius 3 is 1.77 bits per heavy atom. The number of benzene rings is 3. The van der Waals surface area contributed by atoms with Gasteiger partial charge in [-0.05, 0) is 29.5 Å². The molecule has 0 radical (unpaired) electrons. The van der Waals surface area contributed by atoms with Crippen LogP contribution < -0.4 is 5.32 Å². The van der Waals surface area contributed by atoms with Crippen LogP contribution in [0.4, 0.5) is 0 Å². The minimum Gasteiger partial charge on any atom is -0.356 e. The molecule has 0 saturated heterocycles. The zero-order chi connectivity index (χ0) is 18.0. The summed E-state index contributed by atoms with van der Waals surface area (Å²) in [6.07, 6.45) is 2.42. The Morgan fingerprint density at radius 2 is 1.23 bits per heavy atom. The van der Waals surface area contributed by atoms with Crippen molar-refractivity contribution >= 4 is 5.91 Å². The largest absolute Gasteiger partial charge is 0.356 e. The van der Waals surface area contributed by atoms with Crippen LogP contribution in [-0.4, -0.2) is 12.5 Å². The topological polar surface area (TPSA) is 29.1 Å². The average molecular weight is 343 g/mol. The molecule has 0 fully saturated rings. The maximum atomic E-state index is 12.5. The fourth-order valence-corrected chi connectivity index (χ4v) is 3.22. The van der Waals surface area contributed by atoms with Crippen molar-refractivity contribution in [1.29, 1.82) is 0 Å². The Kier molecular flexibility index (Phi) is 6.60. The molecule has 3 rings (SSSR count). The highest BCUT2D eigenvalue weighted by atomic mass is 16.1. The summed E-state index contributed by atoms with van der Waals surface area (Å²) in [5.41, 5.74) is 3.67. The molecule has 0 aliphatic rings. The predicted molar refractivity (Wildman–Crippen MR) is 107 cm³/mol. The van der Waals surface area contributed by atoms with Gasteiger partial charge in [0.15, 0.2) is 0 Å². The summed E-state index contributed by atoms with van der Waals surface area (Å²) in [6, 6.07) is 30.9. The zero-order valence-electron chi connectivity index (χ0n) is 15.0. The number of hydrogen-bond acceptors (Lipinski definition) is 1. The van der Waals surface area contributed by atoms with Crippen molar-refractivity contribution in [2.75, 3.05) is 6.54 Å². The molecule has 2 heteroatoms. The van der Waals surface area contributed by atoms with Gasteiger partial charge in [0.25, 0.3) is 0 Å². The van der Waals surface area contributed by atoms with Crippen LogP contribution in [0.1, 0.15) is 35.4 Å². The van der Waals surface area contributed by atoms with E-state index in [1.807, 2.05) is 42.5 Å². The second-order valence-electron chi connectivity index (χ2n) is 6.52. The van der Waals surface area contributed by atoms with E-state index < -0.39 is 0 Å². The third kappa shape index (κ3) is 5.32. The molecule has 0 heterocycles. The van der Waals surface area contributed by atoms with Gasteiger partial charge in [-0.25, -0.2) is 0 Å². The van der Waals surface area contributed by atoms with Gasteiger partial charge in [0, 0.05) is 18.9 Å². The van der Waals surface area contributed by atoms with Gasteiger partial charge in [-0.1, -0.05) is 91.0 Å². The van der Waals surface area contributed by atoms with Crippen LogP contribution in [-0.2, 0) is 11.2 Å². The van der Waals surface area contributed by atoms with E-state index in [9.17, 15) is 4.79 Å². The monoisotopic (exact) mass is 343 g/mol. The molecule has 1 amide bonds. The van der Waals surface area contributed by atoms with Gasteiger partial charge in [0.1, 0.15) is 0 Å². The van der Waals surface area contributed by atoms with Crippen LogP contribution in [0.25, 0.3) is 0 Å².